The van der Waals surface area contributed by atoms with E-state index < -0.39 is 15.9 Å². The van der Waals surface area contributed by atoms with Crippen molar-refractivity contribution in [3.05, 3.63) is 36.4 Å². The van der Waals surface area contributed by atoms with Crippen LogP contribution >= 0.6 is 0 Å². The zero-order valence-electron chi connectivity index (χ0n) is 7.38. The van der Waals surface area contributed by atoms with Crippen LogP contribution in [0.15, 0.2) is 35.5 Å². The molecule has 0 atom stereocenters. The van der Waals surface area contributed by atoms with Gasteiger partial charge in [-0.05, 0) is 6.07 Å². The average molecular weight is 227 g/mol. The van der Waals surface area contributed by atoms with Gasteiger partial charge in [-0.1, -0.05) is 12.1 Å². The number of nitrogens with zero attached hydrogens (tertiary/aromatic N) is 1. The van der Waals surface area contributed by atoms with Crippen molar-refractivity contribution < 1.29 is 17.4 Å². The van der Waals surface area contributed by atoms with E-state index in [0.29, 0.717) is 0 Å². The summed E-state index contributed by atoms with van der Waals surface area (Å²) >= 11 is 0. The highest BCUT2D eigenvalue weighted by molar-refractivity contribution is 7.86. The number of halogens is 1. The van der Waals surface area contributed by atoms with Gasteiger partial charge < -0.3 is 0 Å². The molecule has 0 aliphatic carbocycles. The summed E-state index contributed by atoms with van der Waals surface area (Å²) in [6.45, 7) is 0. The Hall–Kier alpha value is -1.53. The minimum atomic E-state index is -4.35. The van der Waals surface area contributed by atoms with Crippen LogP contribution in [0, 0.1) is 5.82 Å². The summed E-state index contributed by atoms with van der Waals surface area (Å²) in [5.41, 5.74) is 0. The molecule has 15 heavy (non-hydrogen) atoms. The highest BCUT2D eigenvalue weighted by Gasteiger charge is 2.14. The van der Waals surface area contributed by atoms with Gasteiger partial charge in [-0.15, -0.1) is 0 Å². The van der Waals surface area contributed by atoms with E-state index in [1.165, 1.54) is 24.4 Å². The standard InChI is InChI=1S/C9H6FNO3S/c10-8-5-11-4-7-6(8)2-1-3-9(7)15(12,13)14/h1-5H,(H,12,13,14). The van der Waals surface area contributed by atoms with E-state index in [4.69, 9.17) is 4.55 Å². The van der Waals surface area contributed by atoms with Crippen LogP contribution in [-0.4, -0.2) is 18.0 Å². The maximum absolute atomic E-state index is 13.2. The Morgan fingerprint density at radius 1 is 1.20 bits per heavy atom. The number of aromatic nitrogens is 1. The quantitative estimate of drug-likeness (QED) is 0.752. The van der Waals surface area contributed by atoms with E-state index >= 15 is 0 Å². The second-order valence-corrected chi connectivity index (χ2v) is 4.34. The van der Waals surface area contributed by atoms with Gasteiger partial charge in [0.1, 0.15) is 10.7 Å². The molecule has 1 heterocycles. The second kappa shape index (κ2) is 3.25. The molecular formula is C9H6FNO3S. The first-order valence-electron chi connectivity index (χ1n) is 4.00. The molecule has 0 aliphatic heterocycles. The summed E-state index contributed by atoms with van der Waals surface area (Å²) < 4.78 is 44.0. The maximum Gasteiger partial charge on any atom is 0.295 e. The van der Waals surface area contributed by atoms with Gasteiger partial charge in [0.15, 0.2) is 0 Å². The predicted molar refractivity (Wildman–Crippen MR) is 51.5 cm³/mol. The smallest absolute Gasteiger partial charge is 0.282 e. The van der Waals surface area contributed by atoms with Gasteiger partial charge in [-0.2, -0.15) is 8.42 Å². The fourth-order valence-electron chi connectivity index (χ4n) is 1.36. The van der Waals surface area contributed by atoms with E-state index in [2.05, 4.69) is 4.98 Å². The molecule has 78 valence electrons. The summed E-state index contributed by atoms with van der Waals surface area (Å²) in [5.74, 6) is -0.627. The summed E-state index contributed by atoms with van der Waals surface area (Å²) in [6, 6.07) is 3.97. The maximum atomic E-state index is 13.2. The van der Waals surface area contributed by atoms with E-state index in [1.54, 1.807) is 0 Å². The molecule has 0 saturated carbocycles. The van der Waals surface area contributed by atoms with Crippen molar-refractivity contribution in [2.24, 2.45) is 0 Å². The Morgan fingerprint density at radius 3 is 2.60 bits per heavy atom. The molecule has 1 aromatic heterocycles. The lowest BCUT2D eigenvalue weighted by molar-refractivity contribution is 0.484. The molecule has 6 heteroatoms. The summed E-state index contributed by atoms with van der Waals surface area (Å²) in [4.78, 5) is 3.20. The largest absolute Gasteiger partial charge is 0.295 e. The third kappa shape index (κ3) is 1.69. The van der Waals surface area contributed by atoms with E-state index in [1.807, 2.05) is 0 Å². The normalized spacial score (nSPS) is 11.9. The highest BCUT2D eigenvalue weighted by atomic mass is 32.2. The SMILES string of the molecule is O=S(=O)(O)c1cccc2c(F)cncc12. The number of fused-ring (bicyclic) bond motifs is 1. The number of hydrogen-bond acceptors (Lipinski definition) is 3. The lowest BCUT2D eigenvalue weighted by atomic mass is 10.2. The van der Waals surface area contributed by atoms with Crippen molar-refractivity contribution in [3.63, 3.8) is 0 Å². The van der Waals surface area contributed by atoms with Gasteiger partial charge in [0, 0.05) is 17.0 Å². The second-order valence-electron chi connectivity index (χ2n) is 2.95. The van der Waals surface area contributed by atoms with Crippen LogP contribution in [0.2, 0.25) is 0 Å². The molecule has 0 unspecified atom stereocenters. The summed E-state index contributed by atoms with van der Waals surface area (Å²) in [6.07, 6.45) is 2.18. The first kappa shape index (κ1) is 10.0. The molecule has 1 N–H and O–H groups in total. The van der Waals surface area contributed by atoms with E-state index in [9.17, 15) is 12.8 Å². The zero-order valence-corrected chi connectivity index (χ0v) is 8.20. The van der Waals surface area contributed by atoms with Gasteiger partial charge in [0.25, 0.3) is 10.1 Å². The van der Waals surface area contributed by atoms with Crippen molar-refractivity contribution in [2.45, 2.75) is 4.90 Å². The van der Waals surface area contributed by atoms with Gasteiger partial charge in [0.05, 0.1) is 6.20 Å². The van der Waals surface area contributed by atoms with Gasteiger partial charge in [0.2, 0.25) is 0 Å². The molecule has 0 amide bonds. The molecule has 0 saturated heterocycles. The fourth-order valence-corrected chi connectivity index (χ4v) is 2.05. The van der Waals surface area contributed by atoms with Crippen molar-refractivity contribution in [3.8, 4) is 0 Å². The van der Waals surface area contributed by atoms with Gasteiger partial charge in [-0.3, -0.25) is 9.54 Å². The third-order valence-electron chi connectivity index (χ3n) is 1.99. The van der Waals surface area contributed by atoms with Crippen molar-refractivity contribution >= 4 is 20.9 Å². The molecule has 1 aromatic carbocycles. The number of benzene rings is 1. The monoisotopic (exact) mass is 227 g/mol. The average Bonchev–Trinajstić information content (AvgIpc) is 2.16. The lowest BCUT2D eigenvalue weighted by Crippen LogP contribution is -1.99. The van der Waals surface area contributed by atoms with Gasteiger partial charge in [-0.25, -0.2) is 4.39 Å². The van der Waals surface area contributed by atoms with Gasteiger partial charge >= 0.3 is 0 Å². The predicted octanol–water partition coefficient (Wildman–Crippen LogP) is 1.62. The summed E-state index contributed by atoms with van der Waals surface area (Å²) in [7, 11) is -4.35. The molecular weight excluding hydrogens is 221 g/mol. The first-order valence-corrected chi connectivity index (χ1v) is 5.44. The number of hydrogen-bond donors (Lipinski definition) is 1. The van der Waals surface area contributed by atoms with Crippen LogP contribution in [-0.2, 0) is 10.1 Å². The lowest BCUT2D eigenvalue weighted by Gasteiger charge is -2.02. The minimum absolute atomic E-state index is 0.0694. The Labute approximate surface area is 85.1 Å². The van der Waals surface area contributed by atoms with Crippen LogP contribution in [0.25, 0.3) is 10.8 Å². The van der Waals surface area contributed by atoms with Crippen LogP contribution in [0.5, 0.6) is 0 Å². The Morgan fingerprint density at radius 2 is 1.93 bits per heavy atom. The number of rotatable bonds is 1. The minimum Gasteiger partial charge on any atom is -0.282 e. The van der Waals surface area contributed by atoms with Crippen molar-refractivity contribution in [1.82, 2.24) is 4.98 Å². The Bertz CT molecular complexity index is 624. The molecule has 0 bridgehead atoms. The van der Waals surface area contributed by atoms with E-state index in [-0.39, 0.29) is 15.7 Å². The highest BCUT2D eigenvalue weighted by Crippen LogP contribution is 2.23. The number of pyridine rings is 1. The van der Waals surface area contributed by atoms with Crippen LogP contribution < -0.4 is 0 Å². The Kier molecular flexibility index (Phi) is 2.17. The third-order valence-corrected chi connectivity index (χ3v) is 2.90. The molecule has 2 aromatic rings. The molecule has 0 aliphatic rings. The Balaban J connectivity index is 2.96. The van der Waals surface area contributed by atoms with Crippen molar-refractivity contribution in [2.75, 3.05) is 0 Å². The van der Waals surface area contributed by atoms with Crippen molar-refractivity contribution in [1.29, 1.82) is 0 Å². The zero-order chi connectivity index (χ0) is 11.1. The fraction of sp³-hybridized carbons (Fsp3) is 0. The topological polar surface area (TPSA) is 67.3 Å². The molecule has 0 radical (unpaired) electrons. The molecule has 0 spiro atoms. The molecule has 4 nitrogen and oxygen atoms in total. The van der Waals surface area contributed by atoms with Crippen LogP contribution in [0.1, 0.15) is 0 Å². The summed E-state index contributed by atoms with van der Waals surface area (Å²) in [5, 5.41) is 0.181. The molecule has 2 rings (SSSR count). The first-order chi connectivity index (χ1) is 7.00. The van der Waals surface area contributed by atoms with Crippen LogP contribution in [0.4, 0.5) is 4.39 Å². The molecule has 0 fully saturated rings. The van der Waals surface area contributed by atoms with E-state index in [0.717, 1.165) is 6.20 Å². The van der Waals surface area contributed by atoms with Crippen LogP contribution in [0.3, 0.4) is 0 Å².